The second-order valence-corrected chi connectivity index (χ2v) is 5.89. The summed E-state index contributed by atoms with van der Waals surface area (Å²) in [5.41, 5.74) is 0. The molecule has 6 nitrogen and oxygen atoms in total. The number of amides is 1. The van der Waals surface area contributed by atoms with E-state index in [0.29, 0.717) is 17.2 Å². The third kappa shape index (κ3) is 3.69. The molecule has 112 valence electrons. The molecule has 21 heavy (non-hydrogen) atoms. The number of carbonyl (C=O) groups is 1. The van der Waals surface area contributed by atoms with Crippen LogP contribution in [0.3, 0.4) is 0 Å². The molecular formula is C14H18N4O2S. The number of carbonyl (C=O) groups excluding carboxylic acids is 1. The Balaban J connectivity index is 1.49. The Morgan fingerprint density at radius 2 is 2.33 bits per heavy atom. The highest BCUT2D eigenvalue weighted by Gasteiger charge is 2.14. The minimum Gasteiger partial charge on any atom is -0.462 e. The topological polar surface area (TPSA) is 70.4 Å². The van der Waals surface area contributed by atoms with E-state index in [4.69, 9.17) is 4.42 Å². The van der Waals surface area contributed by atoms with E-state index in [2.05, 4.69) is 20.5 Å². The van der Waals surface area contributed by atoms with Crippen molar-refractivity contribution in [2.24, 2.45) is 0 Å². The fourth-order valence-corrected chi connectivity index (χ4v) is 3.04. The highest BCUT2D eigenvalue weighted by Crippen LogP contribution is 2.25. The Morgan fingerprint density at radius 3 is 3.10 bits per heavy atom. The van der Waals surface area contributed by atoms with Gasteiger partial charge in [-0.2, -0.15) is 0 Å². The van der Waals surface area contributed by atoms with Crippen LogP contribution in [-0.4, -0.2) is 55.1 Å². The Kier molecular flexibility index (Phi) is 4.64. The summed E-state index contributed by atoms with van der Waals surface area (Å²) in [5, 5.41) is 6.98. The molecule has 1 fully saturated rings. The first-order valence-corrected chi connectivity index (χ1v) is 7.85. The zero-order valence-corrected chi connectivity index (χ0v) is 12.5. The van der Waals surface area contributed by atoms with Gasteiger partial charge in [0.15, 0.2) is 10.8 Å². The summed E-state index contributed by atoms with van der Waals surface area (Å²) in [6.07, 6.45) is 3.20. The molecule has 0 aromatic carbocycles. The van der Waals surface area contributed by atoms with Gasteiger partial charge in [-0.25, -0.2) is 4.98 Å². The molecular weight excluding hydrogens is 288 g/mol. The maximum Gasteiger partial charge on any atom is 0.263 e. The van der Waals surface area contributed by atoms with Crippen molar-refractivity contribution in [2.45, 2.75) is 0 Å². The molecule has 1 saturated heterocycles. The number of hydrogen-bond acceptors (Lipinski definition) is 6. The van der Waals surface area contributed by atoms with Gasteiger partial charge in [0.25, 0.3) is 5.91 Å². The van der Waals surface area contributed by atoms with E-state index in [-0.39, 0.29) is 5.91 Å². The van der Waals surface area contributed by atoms with E-state index in [9.17, 15) is 4.79 Å². The average molecular weight is 306 g/mol. The van der Waals surface area contributed by atoms with Crippen molar-refractivity contribution in [1.82, 2.24) is 20.5 Å². The number of hydrogen-bond donors (Lipinski definition) is 2. The highest BCUT2D eigenvalue weighted by molar-refractivity contribution is 7.16. The van der Waals surface area contributed by atoms with Crippen LogP contribution >= 0.6 is 11.3 Å². The zero-order chi connectivity index (χ0) is 14.5. The third-order valence-corrected chi connectivity index (χ3v) is 4.40. The van der Waals surface area contributed by atoms with E-state index in [1.807, 2.05) is 12.1 Å². The van der Waals surface area contributed by atoms with Crippen LogP contribution in [0.15, 0.2) is 29.0 Å². The maximum atomic E-state index is 12.1. The predicted octanol–water partition coefficient (Wildman–Crippen LogP) is 1.04. The molecule has 0 atom stereocenters. The minimum atomic E-state index is -0.0690. The molecule has 0 radical (unpaired) electrons. The van der Waals surface area contributed by atoms with Gasteiger partial charge >= 0.3 is 0 Å². The highest BCUT2D eigenvalue weighted by atomic mass is 32.1. The van der Waals surface area contributed by atoms with E-state index < -0.39 is 0 Å². The number of thiazole rings is 1. The Morgan fingerprint density at radius 1 is 1.48 bits per heavy atom. The van der Waals surface area contributed by atoms with Crippen LogP contribution in [0.4, 0.5) is 0 Å². The van der Waals surface area contributed by atoms with Crippen LogP contribution in [0, 0.1) is 0 Å². The Labute approximate surface area is 127 Å². The molecule has 2 N–H and O–H groups in total. The normalized spacial score (nSPS) is 16.0. The molecule has 2 aromatic heterocycles. The van der Waals surface area contributed by atoms with Gasteiger partial charge in [-0.1, -0.05) is 0 Å². The van der Waals surface area contributed by atoms with Crippen molar-refractivity contribution in [1.29, 1.82) is 0 Å². The van der Waals surface area contributed by atoms with Gasteiger partial charge in [0, 0.05) is 39.3 Å². The van der Waals surface area contributed by atoms with Gasteiger partial charge in [0.1, 0.15) is 4.88 Å². The van der Waals surface area contributed by atoms with Crippen LogP contribution in [0.1, 0.15) is 9.67 Å². The van der Waals surface area contributed by atoms with Gasteiger partial charge < -0.3 is 15.1 Å². The second kappa shape index (κ2) is 6.84. The summed E-state index contributed by atoms with van der Waals surface area (Å²) >= 11 is 1.34. The molecule has 1 amide bonds. The van der Waals surface area contributed by atoms with Gasteiger partial charge in [-0.05, 0) is 12.1 Å². The number of furan rings is 1. The molecule has 1 aliphatic rings. The fourth-order valence-electron chi connectivity index (χ4n) is 2.24. The van der Waals surface area contributed by atoms with Crippen LogP contribution in [-0.2, 0) is 0 Å². The molecule has 0 unspecified atom stereocenters. The van der Waals surface area contributed by atoms with E-state index in [1.54, 1.807) is 12.5 Å². The minimum absolute atomic E-state index is 0.0690. The SMILES string of the molecule is O=C(NCCN1CCNCC1)c1cnc(-c2ccco2)s1. The number of rotatable bonds is 5. The van der Waals surface area contributed by atoms with Crippen LogP contribution in [0.2, 0.25) is 0 Å². The van der Waals surface area contributed by atoms with Crippen molar-refractivity contribution >= 4 is 17.2 Å². The van der Waals surface area contributed by atoms with Crippen molar-refractivity contribution < 1.29 is 9.21 Å². The molecule has 1 aliphatic heterocycles. The quantitative estimate of drug-likeness (QED) is 0.864. The van der Waals surface area contributed by atoms with Crippen molar-refractivity contribution in [2.75, 3.05) is 39.3 Å². The molecule has 3 heterocycles. The summed E-state index contributed by atoms with van der Waals surface area (Å²) in [6.45, 7) is 5.67. The van der Waals surface area contributed by atoms with Crippen LogP contribution < -0.4 is 10.6 Å². The summed E-state index contributed by atoms with van der Waals surface area (Å²) in [4.78, 5) is 19.2. The fraction of sp³-hybridized carbons (Fsp3) is 0.429. The summed E-state index contributed by atoms with van der Waals surface area (Å²) in [7, 11) is 0. The van der Waals surface area contributed by atoms with Crippen LogP contribution in [0.25, 0.3) is 10.8 Å². The number of piperazine rings is 1. The third-order valence-electron chi connectivity index (χ3n) is 3.38. The average Bonchev–Trinajstić information content (AvgIpc) is 3.19. The molecule has 0 bridgehead atoms. The van der Waals surface area contributed by atoms with Gasteiger partial charge in [0.2, 0.25) is 0 Å². The van der Waals surface area contributed by atoms with E-state index in [0.717, 1.165) is 37.7 Å². The van der Waals surface area contributed by atoms with Crippen molar-refractivity contribution in [3.05, 3.63) is 29.5 Å². The summed E-state index contributed by atoms with van der Waals surface area (Å²) in [6, 6.07) is 3.65. The molecule has 7 heteroatoms. The number of nitrogens with zero attached hydrogens (tertiary/aromatic N) is 2. The largest absolute Gasteiger partial charge is 0.462 e. The van der Waals surface area contributed by atoms with E-state index in [1.165, 1.54) is 11.3 Å². The lowest BCUT2D eigenvalue weighted by Gasteiger charge is -2.26. The first kappa shape index (κ1) is 14.2. The first-order valence-electron chi connectivity index (χ1n) is 7.04. The number of nitrogens with one attached hydrogen (secondary N) is 2. The van der Waals surface area contributed by atoms with E-state index >= 15 is 0 Å². The monoisotopic (exact) mass is 306 g/mol. The lowest BCUT2D eigenvalue weighted by Crippen LogP contribution is -2.46. The van der Waals surface area contributed by atoms with Gasteiger partial charge in [0.05, 0.1) is 12.5 Å². The Bertz CT molecular complexity index is 576. The summed E-state index contributed by atoms with van der Waals surface area (Å²) < 4.78 is 5.28. The lowest BCUT2D eigenvalue weighted by molar-refractivity contribution is 0.0951. The smallest absolute Gasteiger partial charge is 0.263 e. The summed E-state index contributed by atoms with van der Waals surface area (Å²) in [5.74, 6) is 0.625. The van der Waals surface area contributed by atoms with Crippen molar-refractivity contribution in [3.8, 4) is 10.8 Å². The van der Waals surface area contributed by atoms with Gasteiger partial charge in [-0.15, -0.1) is 11.3 Å². The first-order chi connectivity index (χ1) is 10.3. The molecule has 0 aliphatic carbocycles. The zero-order valence-electron chi connectivity index (χ0n) is 11.7. The van der Waals surface area contributed by atoms with Crippen LogP contribution in [0.5, 0.6) is 0 Å². The van der Waals surface area contributed by atoms with Crippen molar-refractivity contribution in [3.63, 3.8) is 0 Å². The molecule has 0 spiro atoms. The molecule has 2 aromatic rings. The Hall–Kier alpha value is -1.70. The predicted molar refractivity (Wildman–Crippen MR) is 81.5 cm³/mol. The molecule has 0 saturated carbocycles. The lowest BCUT2D eigenvalue weighted by atomic mass is 10.3. The maximum absolute atomic E-state index is 12.1. The standard InChI is InChI=1S/C14H18N4O2S/c19-13(16-5-8-18-6-3-15-4-7-18)12-10-17-14(21-12)11-2-1-9-20-11/h1-2,9-10,15H,3-8H2,(H,16,19). The molecule has 3 rings (SSSR count). The van der Waals surface area contributed by atoms with Gasteiger partial charge in [-0.3, -0.25) is 9.69 Å². The number of aromatic nitrogens is 1. The second-order valence-electron chi connectivity index (χ2n) is 4.85.